The van der Waals surface area contributed by atoms with Gasteiger partial charge in [0.05, 0.1) is 16.0 Å². The van der Waals surface area contributed by atoms with Gasteiger partial charge in [0.25, 0.3) is 0 Å². The highest BCUT2D eigenvalue weighted by Crippen LogP contribution is 2.34. The van der Waals surface area contributed by atoms with E-state index in [2.05, 4.69) is 15.1 Å². The average molecular weight is 436 g/mol. The minimum absolute atomic E-state index is 0.108. The summed E-state index contributed by atoms with van der Waals surface area (Å²) in [6, 6.07) is 7.99. The maximum Gasteiger partial charge on any atom is 0.236 e. The number of halogens is 1. The molecule has 0 saturated carbocycles. The molecule has 1 aromatic heterocycles. The lowest BCUT2D eigenvalue weighted by Crippen LogP contribution is -2.45. The molecule has 0 radical (unpaired) electrons. The molecule has 1 unspecified atom stereocenters. The van der Waals surface area contributed by atoms with Crippen molar-refractivity contribution in [1.82, 2.24) is 19.7 Å². The number of carbonyl (C=O) groups is 1. The lowest BCUT2D eigenvalue weighted by molar-refractivity contribution is -0.133. The Balaban J connectivity index is 1.95. The second-order valence-electron chi connectivity index (χ2n) is 7.96. The molecular formula is C21H30ClN5OS. The van der Waals surface area contributed by atoms with E-state index in [-0.39, 0.29) is 23.2 Å². The maximum atomic E-state index is 13.1. The molecule has 0 bridgehead atoms. The predicted molar refractivity (Wildman–Crippen MR) is 120 cm³/mol. The standard InChI is InChI=1S/C21H30ClN5OS/c1-14(2)26(15(3)4)19(28)16(5)29-21-24-23-20(25-12-8-9-13-25)27(21)18-11-7-6-10-17(18)22/h6-7,10-11,14-16H,8-9,12-13H2,1-5H3. The molecule has 1 amide bonds. The summed E-state index contributed by atoms with van der Waals surface area (Å²) in [5, 5.41) is 9.98. The normalized spacial score (nSPS) is 15.4. The highest BCUT2D eigenvalue weighted by molar-refractivity contribution is 8.00. The van der Waals surface area contributed by atoms with Gasteiger partial charge in [-0.15, -0.1) is 10.2 Å². The van der Waals surface area contributed by atoms with Crippen LogP contribution in [0.2, 0.25) is 5.02 Å². The Hall–Kier alpha value is -1.73. The summed E-state index contributed by atoms with van der Waals surface area (Å²) in [4.78, 5) is 17.3. The van der Waals surface area contributed by atoms with Crippen molar-refractivity contribution >= 4 is 35.2 Å². The molecule has 2 aromatic rings. The first-order valence-electron chi connectivity index (χ1n) is 10.2. The fraction of sp³-hybridized carbons (Fsp3) is 0.571. The summed E-state index contributed by atoms with van der Waals surface area (Å²) >= 11 is 7.96. The lowest BCUT2D eigenvalue weighted by Gasteiger charge is -2.32. The first-order chi connectivity index (χ1) is 13.8. The number of carbonyl (C=O) groups excluding carboxylic acids is 1. The van der Waals surface area contributed by atoms with E-state index in [0.29, 0.717) is 10.2 Å². The summed E-state index contributed by atoms with van der Waals surface area (Å²) in [7, 11) is 0. The highest BCUT2D eigenvalue weighted by Gasteiger charge is 2.29. The Morgan fingerprint density at radius 2 is 1.69 bits per heavy atom. The van der Waals surface area contributed by atoms with Crippen molar-refractivity contribution in [3.8, 4) is 5.69 Å². The van der Waals surface area contributed by atoms with Crippen molar-refractivity contribution in [3.63, 3.8) is 0 Å². The van der Waals surface area contributed by atoms with Crippen molar-refractivity contribution in [2.45, 2.75) is 70.0 Å². The van der Waals surface area contributed by atoms with Crippen LogP contribution < -0.4 is 4.90 Å². The zero-order valence-corrected chi connectivity index (χ0v) is 19.4. The fourth-order valence-corrected chi connectivity index (χ4v) is 4.96. The van der Waals surface area contributed by atoms with E-state index in [1.807, 2.05) is 68.4 Å². The number of aromatic nitrogens is 3. The zero-order valence-electron chi connectivity index (χ0n) is 17.8. The first-order valence-corrected chi connectivity index (χ1v) is 11.5. The third-order valence-corrected chi connectivity index (χ3v) is 6.45. The monoisotopic (exact) mass is 435 g/mol. The van der Waals surface area contributed by atoms with Gasteiger partial charge in [-0.2, -0.15) is 0 Å². The first kappa shape index (κ1) is 22.0. The van der Waals surface area contributed by atoms with Gasteiger partial charge in [-0.05, 0) is 59.6 Å². The van der Waals surface area contributed by atoms with Gasteiger partial charge in [0.2, 0.25) is 11.9 Å². The number of nitrogens with zero attached hydrogens (tertiary/aromatic N) is 5. The molecule has 0 spiro atoms. The van der Waals surface area contributed by atoms with Crippen LogP contribution in [-0.4, -0.2) is 56.0 Å². The summed E-state index contributed by atoms with van der Waals surface area (Å²) < 4.78 is 2.00. The number of hydrogen-bond donors (Lipinski definition) is 0. The number of anilines is 1. The van der Waals surface area contributed by atoms with Crippen LogP contribution in [0.5, 0.6) is 0 Å². The van der Waals surface area contributed by atoms with E-state index in [1.54, 1.807) is 0 Å². The lowest BCUT2D eigenvalue weighted by atomic mass is 10.2. The van der Waals surface area contributed by atoms with Crippen molar-refractivity contribution < 1.29 is 4.79 Å². The molecule has 158 valence electrons. The Labute approximate surface area is 182 Å². The van der Waals surface area contributed by atoms with Crippen LogP contribution in [0.15, 0.2) is 29.4 Å². The second kappa shape index (κ2) is 9.39. The van der Waals surface area contributed by atoms with Crippen LogP contribution in [0, 0.1) is 0 Å². The van der Waals surface area contributed by atoms with Crippen LogP contribution in [0.3, 0.4) is 0 Å². The molecular weight excluding hydrogens is 406 g/mol. The zero-order chi connectivity index (χ0) is 21.1. The van der Waals surface area contributed by atoms with Gasteiger partial charge in [-0.3, -0.25) is 9.36 Å². The van der Waals surface area contributed by atoms with Gasteiger partial charge in [-0.25, -0.2) is 0 Å². The highest BCUT2D eigenvalue weighted by atomic mass is 35.5. The minimum Gasteiger partial charge on any atom is -0.341 e. The van der Waals surface area contributed by atoms with E-state index < -0.39 is 0 Å². The van der Waals surface area contributed by atoms with Crippen molar-refractivity contribution in [2.75, 3.05) is 18.0 Å². The molecule has 1 saturated heterocycles. The van der Waals surface area contributed by atoms with E-state index in [0.717, 1.165) is 37.6 Å². The van der Waals surface area contributed by atoms with Gasteiger partial charge < -0.3 is 9.80 Å². The van der Waals surface area contributed by atoms with Gasteiger partial charge in [0.1, 0.15) is 0 Å². The molecule has 2 heterocycles. The predicted octanol–water partition coefficient (Wildman–Crippen LogP) is 4.65. The molecule has 1 atom stereocenters. The number of amides is 1. The minimum atomic E-state index is -0.281. The third kappa shape index (κ3) is 4.72. The van der Waals surface area contributed by atoms with Crippen LogP contribution in [0.4, 0.5) is 5.95 Å². The number of thioether (sulfide) groups is 1. The van der Waals surface area contributed by atoms with Crippen LogP contribution in [0.1, 0.15) is 47.5 Å². The molecule has 1 aliphatic heterocycles. The summed E-state index contributed by atoms with van der Waals surface area (Å²) in [6.07, 6.45) is 2.29. The van der Waals surface area contributed by atoms with E-state index in [1.165, 1.54) is 11.8 Å². The summed E-state index contributed by atoms with van der Waals surface area (Å²) in [6.45, 7) is 12.0. The molecule has 3 rings (SSSR count). The number of hydrogen-bond acceptors (Lipinski definition) is 5. The summed E-state index contributed by atoms with van der Waals surface area (Å²) in [5.74, 6) is 0.902. The van der Waals surface area contributed by atoms with E-state index in [4.69, 9.17) is 11.6 Å². The average Bonchev–Trinajstić information content (AvgIpc) is 3.31. The Morgan fingerprint density at radius 3 is 2.28 bits per heavy atom. The van der Waals surface area contributed by atoms with E-state index in [9.17, 15) is 4.79 Å². The summed E-state index contributed by atoms with van der Waals surface area (Å²) in [5.41, 5.74) is 0.841. The molecule has 6 nitrogen and oxygen atoms in total. The van der Waals surface area contributed by atoms with Gasteiger partial charge in [-0.1, -0.05) is 35.5 Å². The van der Waals surface area contributed by atoms with Crippen LogP contribution in [0.25, 0.3) is 5.69 Å². The van der Waals surface area contributed by atoms with E-state index >= 15 is 0 Å². The molecule has 0 N–H and O–H groups in total. The topological polar surface area (TPSA) is 54.3 Å². The molecule has 8 heteroatoms. The Kier molecular flexibility index (Phi) is 7.11. The second-order valence-corrected chi connectivity index (χ2v) is 9.67. The number of rotatable bonds is 7. The van der Waals surface area contributed by atoms with Gasteiger partial charge in [0.15, 0.2) is 5.16 Å². The SMILES string of the molecule is CC(Sc1nnc(N2CCCC2)n1-c1ccccc1Cl)C(=O)N(C(C)C)C(C)C. The quantitative estimate of drug-likeness (QED) is 0.592. The Bertz CT molecular complexity index is 839. The van der Waals surface area contributed by atoms with Crippen molar-refractivity contribution in [2.24, 2.45) is 0 Å². The number of benzene rings is 1. The molecule has 29 heavy (non-hydrogen) atoms. The molecule has 0 aliphatic carbocycles. The fourth-order valence-electron chi connectivity index (χ4n) is 3.83. The van der Waals surface area contributed by atoms with Gasteiger partial charge in [0, 0.05) is 25.2 Å². The van der Waals surface area contributed by atoms with Gasteiger partial charge >= 0.3 is 0 Å². The van der Waals surface area contributed by atoms with Crippen molar-refractivity contribution in [3.05, 3.63) is 29.3 Å². The maximum absolute atomic E-state index is 13.1. The number of para-hydroxylation sites is 1. The molecule has 1 aliphatic rings. The largest absolute Gasteiger partial charge is 0.341 e. The van der Waals surface area contributed by atoms with Crippen LogP contribution in [-0.2, 0) is 4.79 Å². The van der Waals surface area contributed by atoms with Crippen molar-refractivity contribution in [1.29, 1.82) is 0 Å². The Morgan fingerprint density at radius 1 is 1.07 bits per heavy atom. The smallest absolute Gasteiger partial charge is 0.236 e. The third-order valence-electron chi connectivity index (χ3n) is 5.10. The molecule has 1 fully saturated rings. The van der Waals surface area contributed by atoms with Crippen LogP contribution >= 0.6 is 23.4 Å². The molecule has 1 aromatic carbocycles.